The van der Waals surface area contributed by atoms with E-state index in [1.165, 1.54) is 12.1 Å². The van der Waals surface area contributed by atoms with Crippen LogP contribution in [-0.4, -0.2) is 5.17 Å². The van der Waals surface area contributed by atoms with Gasteiger partial charge in [-0.05, 0) is 77.4 Å². The third-order valence-electron chi connectivity index (χ3n) is 3.74. The Hall–Kier alpha value is -1.97. The van der Waals surface area contributed by atoms with Crippen molar-refractivity contribution in [2.24, 2.45) is 0 Å². The molecule has 3 rings (SSSR count). The van der Waals surface area contributed by atoms with Gasteiger partial charge in [-0.25, -0.2) is 4.39 Å². The van der Waals surface area contributed by atoms with Crippen LogP contribution in [0.15, 0.2) is 34.8 Å². The first kappa shape index (κ1) is 15.9. The molecular formula is C17H12BrFN2OS. The van der Waals surface area contributed by atoms with Crippen molar-refractivity contribution in [2.75, 3.05) is 5.32 Å². The van der Waals surface area contributed by atoms with Crippen molar-refractivity contribution >= 4 is 39.0 Å². The van der Waals surface area contributed by atoms with E-state index in [1.54, 1.807) is 6.07 Å². The first-order chi connectivity index (χ1) is 10.8. The zero-order valence-corrected chi connectivity index (χ0v) is 14.8. The fraction of sp³-hybridized carbons (Fsp3) is 0.176. The van der Waals surface area contributed by atoms with Gasteiger partial charge >= 0.3 is 0 Å². The summed E-state index contributed by atoms with van der Waals surface area (Å²) in [5.74, 6) is -0.534. The lowest BCUT2D eigenvalue weighted by atomic mass is 9.91. The topological polar surface area (TPSA) is 45.0 Å². The van der Waals surface area contributed by atoms with Crippen LogP contribution in [0.5, 0.6) is 0 Å². The van der Waals surface area contributed by atoms with Crippen molar-refractivity contribution in [3.63, 3.8) is 0 Å². The van der Waals surface area contributed by atoms with Gasteiger partial charge in [-0.3, -0.25) is 0 Å². The molecule has 6 heteroatoms. The first-order valence-corrected chi connectivity index (χ1v) is 8.06. The molecule has 1 aliphatic heterocycles. The van der Waals surface area contributed by atoms with Crippen LogP contribution in [0.4, 0.5) is 10.1 Å². The predicted octanol–water partition coefficient (Wildman–Crippen LogP) is 5.09. The molecule has 0 aliphatic carbocycles. The normalized spacial score (nSPS) is 15.2. The van der Waals surface area contributed by atoms with E-state index in [0.29, 0.717) is 10.7 Å². The Morgan fingerprint density at radius 2 is 2.00 bits per heavy atom. The lowest BCUT2D eigenvalue weighted by Crippen LogP contribution is -2.34. The molecule has 0 saturated heterocycles. The molecule has 1 heterocycles. The van der Waals surface area contributed by atoms with E-state index in [-0.39, 0.29) is 5.56 Å². The number of hydrogen-bond acceptors (Lipinski definition) is 3. The molecule has 116 valence electrons. The summed E-state index contributed by atoms with van der Waals surface area (Å²) in [6.45, 7) is 3.85. The number of thiocarbonyl (C=S) groups is 1. The van der Waals surface area contributed by atoms with Crippen molar-refractivity contribution in [3.05, 3.63) is 51.7 Å². The van der Waals surface area contributed by atoms with Crippen LogP contribution in [0.1, 0.15) is 25.0 Å². The smallest absolute Gasteiger partial charge is 0.262 e. The fourth-order valence-corrected chi connectivity index (χ4v) is 3.44. The van der Waals surface area contributed by atoms with Crippen molar-refractivity contribution < 1.29 is 9.13 Å². The van der Waals surface area contributed by atoms with E-state index in [9.17, 15) is 4.39 Å². The molecule has 0 unspecified atom stereocenters. The summed E-state index contributed by atoms with van der Waals surface area (Å²) in [5.41, 5.74) is 2.71. The van der Waals surface area contributed by atoms with E-state index in [1.807, 2.05) is 32.0 Å². The van der Waals surface area contributed by atoms with Crippen molar-refractivity contribution in [1.82, 2.24) is 0 Å². The lowest BCUT2D eigenvalue weighted by Gasteiger charge is -2.35. The zero-order valence-electron chi connectivity index (χ0n) is 12.4. The molecule has 1 N–H and O–H groups in total. The number of ether oxygens (including phenoxy) is 1. The second kappa shape index (κ2) is 5.59. The summed E-state index contributed by atoms with van der Waals surface area (Å²) in [6.07, 6.45) is 0. The van der Waals surface area contributed by atoms with Crippen LogP contribution < -0.4 is 5.32 Å². The third-order valence-corrected chi connectivity index (χ3v) is 4.55. The average molecular weight is 391 g/mol. The number of nitrogens with zero attached hydrogens (tertiary/aromatic N) is 1. The highest BCUT2D eigenvalue weighted by Crippen LogP contribution is 2.42. The SMILES string of the molecule is CC1(C)OC(=S)Nc2c(Br)cc(-c3ccc(C#N)c(F)c3)cc21. The fourth-order valence-electron chi connectivity index (χ4n) is 2.57. The number of benzene rings is 2. The number of anilines is 1. The van der Waals surface area contributed by atoms with E-state index in [2.05, 4.69) is 21.2 Å². The monoisotopic (exact) mass is 390 g/mol. The largest absolute Gasteiger partial charge is 0.460 e. The van der Waals surface area contributed by atoms with Gasteiger partial charge in [0.1, 0.15) is 17.5 Å². The second-order valence-electron chi connectivity index (χ2n) is 5.71. The number of nitriles is 1. The van der Waals surface area contributed by atoms with Crippen LogP contribution in [0.2, 0.25) is 0 Å². The van der Waals surface area contributed by atoms with Gasteiger partial charge in [0, 0.05) is 10.0 Å². The summed E-state index contributed by atoms with van der Waals surface area (Å²) in [5, 5.41) is 12.2. The van der Waals surface area contributed by atoms with Crippen LogP contribution >= 0.6 is 28.1 Å². The predicted molar refractivity (Wildman–Crippen MR) is 94.6 cm³/mol. The van der Waals surface area contributed by atoms with Gasteiger partial charge in [0.15, 0.2) is 0 Å². The minimum Gasteiger partial charge on any atom is -0.460 e. The number of fused-ring (bicyclic) bond motifs is 1. The summed E-state index contributed by atoms with van der Waals surface area (Å²) >= 11 is 8.66. The molecular weight excluding hydrogens is 379 g/mol. The highest BCUT2D eigenvalue weighted by molar-refractivity contribution is 9.10. The summed E-state index contributed by atoms with van der Waals surface area (Å²) in [7, 11) is 0. The zero-order chi connectivity index (χ0) is 16.8. The Labute approximate surface area is 147 Å². The van der Waals surface area contributed by atoms with Gasteiger partial charge in [-0.1, -0.05) is 6.07 Å². The lowest BCUT2D eigenvalue weighted by molar-refractivity contribution is 0.0946. The molecule has 0 radical (unpaired) electrons. The Morgan fingerprint density at radius 1 is 1.26 bits per heavy atom. The van der Waals surface area contributed by atoms with Gasteiger partial charge in [0.25, 0.3) is 5.17 Å². The molecule has 23 heavy (non-hydrogen) atoms. The Bertz CT molecular complexity index is 874. The minimum absolute atomic E-state index is 0.0291. The first-order valence-electron chi connectivity index (χ1n) is 6.86. The van der Waals surface area contributed by atoms with Gasteiger partial charge in [0.05, 0.1) is 11.3 Å². The van der Waals surface area contributed by atoms with Gasteiger partial charge in [-0.2, -0.15) is 5.26 Å². The quantitative estimate of drug-likeness (QED) is 0.688. The van der Waals surface area contributed by atoms with E-state index in [0.717, 1.165) is 21.3 Å². The Morgan fingerprint density at radius 3 is 2.65 bits per heavy atom. The van der Waals surface area contributed by atoms with E-state index < -0.39 is 11.4 Å². The maximum Gasteiger partial charge on any atom is 0.262 e. The van der Waals surface area contributed by atoms with Gasteiger partial charge < -0.3 is 10.1 Å². The minimum atomic E-state index is -0.596. The number of nitrogens with one attached hydrogen (secondary N) is 1. The highest BCUT2D eigenvalue weighted by Gasteiger charge is 2.33. The summed E-state index contributed by atoms with van der Waals surface area (Å²) < 4.78 is 20.4. The molecule has 2 aromatic carbocycles. The Balaban J connectivity index is 2.17. The van der Waals surface area contributed by atoms with Crippen LogP contribution in [0, 0.1) is 17.1 Å². The molecule has 0 amide bonds. The Kier molecular flexibility index (Phi) is 3.86. The maximum absolute atomic E-state index is 13.9. The summed E-state index contributed by atoms with van der Waals surface area (Å²) in [4.78, 5) is 0. The van der Waals surface area contributed by atoms with Crippen LogP contribution in [0.3, 0.4) is 0 Å². The molecule has 0 aromatic heterocycles. The molecule has 3 nitrogen and oxygen atoms in total. The van der Waals surface area contributed by atoms with E-state index in [4.69, 9.17) is 22.2 Å². The van der Waals surface area contributed by atoms with Crippen molar-refractivity contribution in [3.8, 4) is 17.2 Å². The van der Waals surface area contributed by atoms with Crippen LogP contribution in [0.25, 0.3) is 11.1 Å². The third kappa shape index (κ3) is 2.82. The van der Waals surface area contributed by atoms with Crippen molar-refractivity contribution in [2.45, 2.75) is 19.4 Å². The average Bonchev–Trinajstić information content (AvgIpc) is 2.47. The second-order valence-corrected chi connectivity index (χ2v) is 6.94. The number of hydrogen-bond donors (Lipinski definition) is 1. The molecule has 1 aliphatic rings. The van der Waals surface area contributed by atoms with Gasteiger partial charge in [0.2, 0.25) is 0 Å². The highest BCUT2D eigenvalue weighted by atomic mass is 79.9. The molecule has 2 aromatic rings. The molecule has 0 spiro atoms. The van der Waals surface area contributed by atoms with E-state index >= 15 is 0 Å². The van der Waals surface area contributed by atoms with Crippen molar-refractivity contribution in [1.29, 1.82) is 5.26 Å². The molecule has 0 atom stereocenters. The van der Waals surface area contributed by atoms with Gasteiger partial charge in [-0.15, -0.1) is 0 Å². The molecule has 0 saturated carbocycles. The summed E-state index contributed by atoms with van der Waals surface area (Å²) in [6, 6.07) is 10.2. The number of halogens is 2. The number of rotatable bonds is 1. The molecule has 0 fully saturated rings. The standard InChI is InChI=1S/C17H12BrFN2OS/c1-17(2)12-5-11(6-13(18)15(12)21-16(23)22-17)9-3-4-10(8-20)14(19)7-9/h3-7H,1-2H3,(H,21,23). The maximum atomic E-state index is 13.9. The van der Waals surface area contributed by atoms with Crippen LogP contribution in [-0.2, 0) is 10.3 Å². The molecule has 0 bridgehead atoms.